The highest BCUT2D eigenvalue weighted by Gasteiger charge is 2.22. The molecule has 0 saturated carbocycles. The lowest BCUT2D eigenvalue weighted by atomic mass is 10.0. The summed E-state index contributed by atoms with van der Waals surface area (Å²) in [7, 11) is 0. The van der Waals surface area contributed by atoms with Crippen molar-refractivity contribution in [3.8, 4) is 0 Å². The van der Waals surface area contributed by atoms with E-state index in [-0.39, 0.29) is 18.0 Å². The Labute approximate surface area is 146 Å². The van der Waals surface area contributed by atoms with Crippen LogP contribution in [-0.2, 0) is 11.2 Å². The number of likely N-dealkylation sites (tertiary alicyclic amines) is 1. The molecule has 3 rings (SSSR count). The average molecular weight is 339 g/mol. The molecule has 1 amide bonds. The molecule has 2 aromatic rings. The van der Waals surface area contributed by atoms with Gasteiger partial charge in [-0.1, -0.05) is 30.3 Å². The second-order valence-electron chi connectivity index (χ2n) is 6.27. The Morgan fingerprint density at radius 3 is 2.32 bits per heavy atom. The molecule has 0 unspecified atom stereocenters. The number of carbonyl (C=O) groups excluding carboxylic acids is 1. The molecule has 1 saturated heterocycles. The number of carbonyl (C=O) groups is 1. The van der Waals surface area contributed by atoms with Gasteiger partial charge in [-0.05, 0) is 30.5 Å². The van der Waals surface area contributed by atoms with E-state index in [2.05, 4.69) is 5.32 Å². The molecule has 1 aliphatic heterocycles. The third-order valence-corrected chi connectivity index (χ3v) is 4.49. The molecule has 1 fully saturated rings. The number of benzene rings is 2. The summed E-state index contributed by atoms with van der Waals surface area (Å²) in [4.78, 5) is 24.5. The van der Waals surface area contributed by atoms with E-state index in [4.69, 9.17) is 0 Å². The van der Waals surface area contributed by atoms with Crippen molar-refractivity contribution in [2.75, 3.05) is 18.4 Å². The number of anilines is 1. The van der Waals surface area contributed by atoms with Crippen LogP contribution in [0.1, 0.15) is 18.4 Å². The predicted octanol–water partition coefficient (Wildman–Crippen LogP) is 3.24. The van der Waals surface area contributed by atoms with Gasteiger partial charge in [-0.3, -0.25) is 14.9 Å². The molecule has 1 N–H and O–H groups in total. The molecule has 0 aliphatic carbocycles. The van der Waals surface area contributed by atoms with Gasteiger partial charge >= 0.3 is 0 Å². The minimum atomic E-state index is -0.434. The van der Waals surface area contributed by atoms with Crippen molar-refractivity contribution < 1.29 is 9.72 Å². The maximum atomic E-state index is 12.4. The molecule has 0 aromatic heterocycles. The first kappa shape index (κ1) is 17.0. The Morgan fingerprint density at radius 2 is 1.72 bits per heavy atom. The van der Waals surface area contributed by atoms with Crippen molar-refractivity contribution in [1.82, 2.24) is 4.90 Å². The van der Waals surface area contributed by atoms with Gasteiger partial charge in [0.15, 0.2) is 0 Å². The summed E-state index contributed by atoms with van der Waals surface area (Å²) in [5.41, 5.74) is 1.96. The van der Waals surface area contributed by atoms with Gasteiger partial charge in [0.2, 0.25) is 5.91 Å². The number of nitro benzene ring substituents is 1. The van der Waals surface area contributed by atoms with Gasteiger partial charge in [-0.25, -0.2) is 0 Å². The van der Waals surface area contributed by atoms with Crippen molar-refractivity contribution in [1.29, 1.82) is 0 Å². The number of rotatable bonds is 5. The number of non-ortho nitro benzene ring substituents is 1. The predicted molar refractivity (Wildman–Crippen MR) is 96.5 cm³/mol. The molecule has 2 aromatic carbocycles. The zero-order valence-electron chi connectivity index (χ0n) is 13.9. The normalized spacial score (nSPS) is 15.0. The van der Waals surface area contributed by atoms with Gasteiger partial charge in [0.25, 0.3) is 5.69 Å². The van der Waals surface area contributed by atoms with Crippen LogP contribution in [0.15, 0.2) is 54.6 Å². The van der Waals surface area contributed by atoms with Gasteiger partial charge in [0.05, 0.1) is 11.3 Å². The first-order valence-corrected chi connectivity index (χ1v) is 8.44. The topological polar surface area (TPSA) is 75.5 Å². The lowest BCUT2D eigenvalue weighted by Gasteiger charge is -2.33. The molecule has 1 aliphatic rings. The number of hydrogen-bond acceptors (Lipinski definition) is 4. The number of piperidine rings is 1. The minimum Gasteiger partial charge on any atom is -0.382 e. The SMILES string of the molecule is O=C(Cc1ccc([N+](=O)[O-])cc1)N1CCC(Nc2ccccc2)CC1. The average Bonchev–Trinajstić information content (AvgIpc) is 2.63. The molecule has 25 heavy (non-hydrogen) atoms. The van der Waals surface area contributed by atoms with Crippen molar-refractivity contribution >= 4 is 17.3 Å². The molecule has 0 atom stereocenters. The standard InChI is InChI=1S/C19H21N3O3/c23-19(14-15-6-8-18(9-7-15)22(24)25)21-12-10-17(11-13-21)20-16-4-2-1-3-5-16/h1-9,17,20H,10-14H2. The first-order valence-electron chi connectivity index (χ1n) is 8.44. The maximum absolute atomic E-state index is 12.4. The first-order chi connectivity index (χ1) is 12.1. The van der Waals surface area contributed by atoms with Crippen LogP contribution in [0.2, 0.25) is 0 Å². The molecule has 6 nitrogen and oxygen atoms in total. The summed E-state index contributed by atoms with van der Waals surface area (Å²) in [5.74, 6) is 0.0759. The second kappa shape index (κ2) is 7.79. The van der Waals surface area contributed by atoms with Crippen LogP contribution in [0.4, 0.5) is 11.4 Å². The smallest absolute Gasteiger partial charge is 0.269 e. The molecule has 1 heterocycles. The van der Waals surface area contributed by atoms with Gasteiger partial charge in [0, 0.05) is 37.0 Å². The minimum absolute atomic E-state index is 0.0454. The largest absolute Gasteiger partial charge is 0.382 e. The fourth-order valence-corrected chi connectivity index (χ4v) is 3.07. The van der Waals surface area contributed by atoms with Crippen molar-refractivity contribution in [3.63, 3.8) is 0 Å². The van der Waals surface area contributed by atoms with Gasteiger partial charge < -0.3 is 10.2 Å². The lowest BCUT2D eigenvalue weighted by Crippen LogP contribution is -2.43. The van der Waals surface area contributed by atoms with E-state index in [1.54, 1.807) is 12.1 Å². The van der Waals surface area contributed by atoms with E-state index in [1.807, 2.05) is 35.2 Å². The van der Waals surface area contributed by atoms with E-state index < -0.39 is 4.92 Å². The number of nitrogens with zero attached hydrogens (tertiary/aromatic N) is 2. The molecule has 130 valence electrons. The quantitative estimate of drug-likeness (QED) is 0.670. The van der Waals surface area contributed by atoms with Crippen LogP contribution < -0.4 is 5.32 Å². The van der Waals surface area contributed by atoms with Crippen LogP contribution >= 0.6 is 0 Å². The van der Waals surface area contributed by atoms with Crippen molar-refractivity contribution in [2.45, 2.75) is 25.3 Å². The van der Waals surface area contributed by atoms with E-state index in [0.717, 1.165) is 37.2 Å². The second-order valence-corrected chi connectivity index (χ2v) is 6.27. The summed E-state index contributed by atoms with van der Waals surface area (Å²) in [5, 5.41) is 14.2. The zero-order valence-corrected chi connectivity index (χ0v) is 13.9. The van der Waals surface area contributed by atoms with Crippen LogP contribution in [-0.4, -0.2) is 34.9 Å². The highest BCUT2D eigenvalue weighted by molar-refractivity contribution is 5.79. The maximum Gasteiger partial charge on any atom is 0.269 e. The molecule has 0 spiro atoms. The van der Waals surface area contributed by atoms with Gasteiger partial charge in [0.1, 0.15) is 0 Å². The lowest BCUT2D eigenvalue weighted by molar-refractivity contribution is -0.384. The number of nitrogens with one attached hydrogen (secondary N) is 1. The van der Waals surface area contributed by atoms with Crippen LogP contribution in [0.5, 0.6) is 0 Å². The Hall–Kier alpha value is -2.89. The van der Waals surface area contributed by atoms with Crippen LogP contribution in [0.3, 0.4) is 0 Å². The van der Waals surface area contributed by atoms with E-state index in [1.165, 1.54) is 12.1 Å². The zero-order chi connectivity index (χ0) is 17.6. The summed E-state index contributed by atoms with van der Waals surface area (Å²) < 4.78 is 0. The Kier molecular flexibility index (Phi) is 5.28. The fourth-order valence-electron chi connectivity index (χ4n) is 3.07. The monoisotopic (exact) mass is 339 g/mol. The molecule has 0 radical (unpaired) electrons. The van der Waals surface area contributed by atoms with E-state index in [0.29, 0.717) is 6.04 Å². The Bertz CT molecular complexity index is 723. The summed E-state index contributed by atoms with van der Waals surface area (Å²) in [6.45, 7) is 1.46. The summed E-state index contributed by atoms with van der Waals surface area (Å²) in [6.07, 6.45) is 2.12. The number of nitro groups is 1. The van der Waals surface area contributed by atoms with Crippen molar-refractivity contribution in [3.05, 3.63) is 70.3 Å². The molecule has 0 bridgehead atoms. The van der Waals surface area contributed by atoms with E-state index in [9.17, 15) is 14.9 Å². The highest BCUT2D eigenvalue weighted by atomic mass is 16.6. The van der Waals surface area contributed by atoms with Gasteiger partial charge in [-0.2, -0.15) is 0 Å². The highest BCUT2D eigenvalue weighted by Crippen LogP contribution is 2.18. The van der Waals surface area contributed by atoms with E-state index >= 15 is 0 Å². The third kappa shape index (κ3) is 4.56. The number of hydrogen-bond donors (Lipinski definition) is 1. The number of para-hydroxylation sites is 1. The summed E-state index contributed by atoms with van der Waals surface area (Å²) in [6, 6.07) is 16.7. The van der Waals surface area contributed by atoms with Crippen LogP contribution in [0.25, 0.3) is 0 Å². The summed E-state index contributed by atoms with van der Waals surface area (Å²) >= 11 is 0. The Balaban J connectivity index is 1.49. The molecular formula is C19H21N3O3. The van der Waals surface area contributed by atoms with Gasteiger partial charge in [-0.15, -0.1) is 0 Å². The van der Waals surface area contributed by atoms with Crippen molar-refractivity contribution in [2.24, 2.45) is 0 Å². The Morgan fingerprint density at radius 1 is 1.08 bits per heavy atom. The van der Waals surface area contributed by atoms with Crippen LogP contribution in [0, 0.1) is 10.1 Å². The molecular weight excluding hydrogens is 318 g/mol. The third-order valence-electron chi connectivity index (χ3n) is 4.49. The molecule has 6 heteroatoms. The number of amides is 1. The fraction of sp³-hybridized carbons (Fsp3) is 0.316.